The minimum absolute atomic E-state index is 0.166. The van der Waals surface area contributed by atoms with Gasteiger partial charge in [0.2, 0.25) is 6.08 Å². The summed E-state index contributed by atoms with van der Waals surface area (Å²) in [6.07, 6.45) is 13.9. The van der Waals surface area contributed by atoms with Crippen molar-refractivity contribution in [1.29, 1.82) is 5.26 Å². The highest BCUT2D eigenvalue weighted by molar-refractivity contribution is 5.33. The Morgan fingerprint density at radius 3 is 2.11 bits per heavy atom. The van der Waals surface area contributed by atoms with Crippen molar-refractivity contribution in [2.24, 2.45) is 16.8 Å². The molecule has 0 radical (unpaired) electrons. The second-order valence-corrected chi connectivity index (χ2v) is 5.98. The minimum atomic E-state index is 0.166. The number of ether oxygens (including phenoxy) is 1. The van der Waals surface area contributed by atoms with Crippen LogP contribution < -0.4 is 0 Å². The number of isocyanates is 1. The van der Waals surface area contributed by atoms with E-state index in [1.165, 1.54) is 32.1 Å². The predicted octanol–water partition coefficient (Wildman–Crippen LogP) is 3.33. The number of nitriles is 1. The van der Waals surface area contributed by atoms with E-state index >= 15 is 0 Å². The van der Waals surface area contributed by atoms with Crippen LogP contribution in [0.25, 0.3) is 0 Å². The summed E-state index contributed by atoms with van der Waals surface area (Å²) in [5, 5.41) is 8.51. The monoisotopic (exact) mass is 262 g/mol. The van der Waals surface area contributed by atoms with E-state index in [9.17, 15) is 4.79 Å². The molecule has 0 heterocycles. The highest BCUT2D eigenvalue weighted by Gasteiger charge is 2.27. The molecule has 0 aromatic carbocycles. The first kappa shape index (κ1) is 14.1. The number of aliphatic imine (C=N–C) groups is 1. The van der Waals surface area contributed by atoms with Gasteiger partial charge in [0.25, 0.3) is 6.26 Å². The van der Waals surface area contributed by atoms with E-state index in [1.807, 2.05) is 6.26 Å². The summed E-state index contributed by atoms with van der Waals surface area (Å²) in [6.45, 7) is 0. The van der Waals surface area contributed by atoms with Gasteiger partial charge >= 0.3 is 0 Å². The molecule has 2 aliphatic carbocycles. The maximum Gasteiger partial charge on any atom is 0.286 e. The zero-order valence-electron chi connectivity index (χ0n) is 11.4. The Morgan fingerprint density at radius 1 is 1.00 bits per heavy atom. The molecular formula is C15H22N2O2. The molecule has 0 unspecified atom stereocenters. The third-order valence-electron chi connectivity index (χ3n) is 4.73. The van der Waals surface area contributed by atoms with E-state index < -0.39 is 0 Å². The van der Waals surface area contributed by atoms with Crippen LogP contribution in [0.15, 0.2) is 4.99 Å². The van der Waals surface area contributed by atoms with Crippen LogP contribution in [0, 0.1) is 23.4 Å². The number of rotatable bonds is 4. The van der Waals surface area contributed by atoms with Gasteiger partial charge in [-0.15, -0.1) is 0 Å². The van der Waals surface area contributed by atoms with Gasteiger partial charge in [-0.3, -0.25) is 0 Å². The lowest BCUT2D eigenvalue weighted by Crippen LogP contribution is -2.24. The van der Waals surface area contributed by atoms with Gasteiger partial charge in [0, 0.05) is 0 Å². The summed E-state index contributed by atoms with van der Waals surface area (Å²) < 4.78 is 5.02. The first-order chi connectivity index (χ1) is 9.31. The van der Waals surface area contributed by atoms with Crippen LogP contribution in [0.5, 0.6) is 0 Å². The molecule has 0 N–H and O–H groups in total. The van der Waals surface area contributed by atoms with Crippen LogP contribution >= 0.6 is 0 Å². The molecule has 2 saturated carbocycles. The van der Waals surface area contributed by atoms with E-state index in [-0.39, 0.29) is 12.1 Å². The van der Waals surface area contributed by atoms with Gasteiger partial charge in [0.15, 0.2) is 0 Å². The van der Waals surface area contributed by atoms with Gasteiger partial charge in [-0.05, 0) is 69.6 Å². The molecule has 0 aliphatic heterocycles. The summed E-state index contributed by atoms with van der Waals surface area (Å²) in [7, 11) is 0. The molecule has 0 aromatic heterocycles. The SMILES string of the molecule is N#COC1CCC(CC2CCC(N=C=O)CC2)CC1. The Balaban J connectivity index is 1.67. The molecule has 0 atom stereocenters. The van der Waals surface area contributed by atoms with Crippen molar-refractivity contribution in [1.82, 2.24) is 0 Å². The summed E-state index contributed by atoms with van der Waals surface area (Å²) in [5.41, 5.74) is 0. The molecule has 2 aliphatic rings. The number of hydrogen-bond donors (Lipinski definition) is 0. The first-order valence-corrected chi connectivity index (χ1v) is 7.43. The zero-order valence-corrected chi connectivity index (χ0v) is 11.4. The Bertz CT molecular complexity index is 355. The van der Waals surface area contributed by atoms with Gasteiger partial charge in [-0.1, -0.05) is 0 Å². The zero-order chi connectivity index (χ0) is 13.5. The average Bonchev–Trinajstić information content (AvgIpc) is 2.44. The fourth-order valence-corrected chi connectivity index (χ4v) is 3.62. The molecule has 4 nitrogen and oxygen atoms in total. The van der Waals surface area contributed by atoms with Crippen LogP contribution in [0.1, 0.15) is 57.8 Å². The van der Waals surface area contributed by atoms with Gasteiger partial charge < -0.3 is 4.74 Å². The quantitative estimate of drug-likeness (QED) is 0.443. The first-order valence-electron chi connectivity index (χ1n) is 7.43. The van der Waals surface area contributed by atoms with Crippen LogP contribution in [-0.4, -0.2) is 18.2 Å². The molecule has 0 amide bonds. The van der Waals surface area contributed by atoms with Crippen molar-refractivity contribution in [2.45, 2.75) is 69.9 Å². The van der Waals surface area contributed by atoms with Gasteiger partial charge in [-0.25, -0.2) is 9.79 Å². The molecule has 2 rings (SSSR count). The smallest absolute Gasteiger partial charge is 0.286 e. The molecule has 0 aromatic rings. The van der Waals surface area contributed by atoms with Crippen LogP contribution in [0.2, 0.25) is 0 Å². The molecular weight excluding hydrogens is 240 g/mol. The standard InChI is InChI=1S/C15H22N2O2/c16-10-19-15-7-3-13(4-8-15)9-12-1-5-14(6-2-12)17-11-18/h12-15H,1-9H2. The maximum atomic E-state index is 10.2. The number of carbonyl (C=O) groups excluding carboxylic acids is 1. The lowest BCUT2D eigenvalue weighted by Gasteiger charge is -2.32. The van der Waals surface area contributed by atoms with E-state index in [4.69, 9.17) is 10.00 Å². The largest absolute Gasteiger partial charge is 0.424 e. The Hall–Kier alpha value is -1.33. The Kier molecular flexibility index (Phi) is 5.42. The highest BCUT2D eigenvalue weighted by Crippen LogP contribution is 2.36. The van der Waals surface area contributed by atoms with Crippen LogP contribution in [0.3, 0.4) is 0 Å². The molecule has 104 valence electrons. The fourth-order valence-electron chi connectivity index (χ4n) is 3.62. The molecule has 0 bridgehead atoms. The van der Waals surface area contributed by atoms with E-state index in [2.05, 4.69) is 4.99 Å². The molecule has 0 spiro atoms. The van der Waals surface area contributed by atoms with Crippen LogP contribution in [0.4, 0.5) is 0 Å². The predicted molar refractivity (Wildman–Crippen MR) is 70.9 cm³/mol. The second kappa shape index (κ2) is 7.31. The third kappa shape index (κ3) is 4.36. The van der Waals surface area contributed by atoms with E-state index in [0.29, 0.717) is 0 Å². The van der Waals surface area contributed by atoms with E-state index in [0.717, 1.165) is 37.5 Å². The summed E-state index contributed by atoms with van der Waals surface area (Å²) in [4.78, 5) is 14.1. The number of hydrogen-bond acceptors (Lipinski definition) is 4. The van der Waals surface area contributed by atoms with Crippen LogP contribution in [-0.2, 0) is 9.53 Å². The normalized spacial score (nSPS) is 34.9. The van der Waals surface area contributed by atoms with Crippen molar-refractivity contribution < 1.29 is 9.53 Å². The van der Waals surface area contributed by atoms with Crippen molar-refractivity contribution in [3.8, 4) is 6.26 Å². The average molecular weight is 262 g/mol. The highest BCUT2D eigenvalue weighted by atomic mass is 16.5. The van der Waals surface area contributed by atoms with Crippen molar-refractivity contribution in [3.05, 3.63) is 0 Å². The molecule has 0 saturated heterocycles. The number of nitrogens with zero attached hydrogens (tertiary/aromatic N) is 2. The van der Waals surface area contributed by atoms with Gasteiger partial charge in [0.05, 0.1) is 6.04 Å². The van der Waals surface area contributed by atoms with E-state index in [1.54, 1.807) is 6.08 Å². The maximum absolute atomic E-state index is 10.2. The second-order valence-electron chi connectivity index (χ2n) is 5.98. The Morgan fingerprint density at radius 2 is 1.58 bits per heavy atom. The summed E-state index contributed by atoms with van der Waals surface area (Å²) in [5.74, 6) is 1.60. The molecule has 4 heteroatoms. The van der Waals surface area contributed by atoms with Gasteiger partial charge in [-0.2, -0.15) is 5.26 Å². The third-order valence-corrected chi connectivity index (χ3v) is 4.73. The Labute approximate surface area is 114 Å². The fraction of sp³-hybridized carbons (Fsp3) is 0.867. The lowest BCUT2D eigenvalue weighted by atomic mass is 9.76. The summed E-state index contributed by atoms with van der Waals surface area (Å²) in [6, 6.07) is 0.230. The topological polar surface area (TPSA) is 62.4 Å². The van der Waals surface area contributed by atoms with Gasteiger partial charge in [0.1, 0.15) is 6.10 Å². The van der Waals surface area contributed by atoms with Crippen molar-refractivity contribution >= 4 is 6.08 Å². The van der Waals surface area contributed by atoms with Crippen molar-refractivity contribution in [3.63, 3.8) is 0 Å². The molecule has 2 fully saturated rings. The summed E-state index contributed by atoms with van der Waals surface area (Å²) >= 11 is 0. The lowest BCUT2D eigenvalue weighted by molar-refractivity contribution is 0.0915. The minimum Gasteiger partial charge on any atom is -0.424 e. The molecule has 19 heavy (non-hydrogen) atoms. The van der Waals surface area contributed by atoms with Crippen molar-refractivity contribution in [2.75, 3.05) is 0 Å².